The van der Waals surface area contributed by atoms with Crippen LogP contribution in [0, 0.1) is 0 Å². The van der Waals surface area contributed by atoms with Gasteiger partial charge in [-0.1, -0.05) is 18.2 Å². The summed E-state index contributed by atoms with van der Waals surface area (Å²) in [6.45, 7) is 3.72. The summed E-state index contributed by atoms with van der Waals surface area (Å²) in [5.74, 6) is 0.622. The van der Waals surface area contributed by atoms with E-state index in [1.54, 1.807) is 0 Å². The number of sulfonamides is 1. The lowest BCUT2D eigenvalue weighted by atomic mass is 10.1. The Morgan fingerprint density at radius 1 is 1.26 bits per heavy atom. The molecular formula is C22H22F3N3O2S. The molecule has 3 aromatic rings. The first-order chi connectivity index (χ1) is 14.6. The lowest BCUT2D eigenvalue weighted by molar-refractivity contribution is -0.165. The number of aromatic amines is 1. The molecule has 5 nitrogen and oxygen atoms in total. The molecule has 9 heteroatoms. The second kappa shape index (κ2) is 7.80. The van der Waals surface area contributed by atoms with Crippen molar-refractivity contribution in [3.63, 3.8) is 0 Å². The van der Waals surface area contributed by atoms with E-state index in [1.807, 2.05) is 12.1 Å². The minimum Gasteiger partial charge on any atom is -0.353 e. The molecule has 0 bridgehead atoms. The molecule has 0 spiro atoms. The van der Waals surface area contributed by atoms with Crippen molar-refractivity contribution in [2.24, 2.45) is 0 Å². The van der Waals surface area contributed by atoms with E-state index in [0.717, 1.165) is 30.1 Å². The second-order valence-corrected chi connectivity index (χ2v) is 9.65. The van der Waals surface area contributed by atoms with Crippen LogP contribution < -0.4 is 0 Å². The van der Waals surface area contributed by atoms with Crippen LogP contribution in [0.25, 0.3) is 22.3 Å². The number of rotatable bonds is 7. The first kappa shape index (κ1) is 21.6. The molecule has 2 heterocycles. The molecule has 1 aromatic carbocycles. The zero-order valence-electron chi connectivity index (χ0n) is 16.9. The molecule has 0 unspecified atom stereocenters. The molecule has 1 atom stereocenters. The fraction of sp³-hybridized carbons (Fsp3) is 0.318. The number of hydrogen-bond acceptors (Lipinski definition) is 3. The maximum atomic E-state index is 13.2. The van der Waals surface area contributed by atoms with Gasteiger partial charge in [0.1, 0.15) is 10.9 Å². The Hall–Kier alpha value is -2.65. The van der Waals surface area contributed by atoms with Crippen LogP contribution >= 0.6 is 0 Å². The summed E-state index contributed by atoms with van der Waals surface area (Å²) in [6.07, 6.45) is -0.0845. The number of benzene rings is 1. The number of aromatic nitrogens is 2. The first-order valence-corrected chi connectivity index (χ1v) is 11.3. The molecule has 0 saturated heterocycles. The van der Waals surface area contributed by atoms with Crippen LogP contribution in [-0.2, 0) is 10.0 Å². The highest BCUT2D eigenvalue weighted by molar-refractivity contribution is 7.89. The van der Waals surface area contributed by atoms with Crippen molar-refractivity contribution in [1.82, 2.24) is 14.3 Å². The first-order valence-electron chi connectivity index (χ1n) is 9.90. The lowest BCUT2D eigenvalue weighted by Crippen LogP contribution is -2.46. The molecule has 0 amide bonds. The van der Waals surface area contributed by atoms with E-state index in [-0.39, 0.29) is 4.90 Å². The van der Waals surface area contributed by atoms with Gasteiger partial charge in [-0.25, -0.2) is 8.42 Å². The molecule has 31 heavy (non-hydrogen) atoms. The highest BCUT2D eigenvalue weighted by atomic mass is 32.2. The molecule has 4 rings (SSSR count). The van der Waals surface area contributed by atoms with E-state index in [4.69, 9.17) is 0 Å². The molecule has 0 aliphatic heterocycles. The Morgan fingerprint density at radius 2 is 2.00 bits per heavy atom. The lowest BCUT2D eigenvalue weighted by Gasteiger charge is -2.28. The predicted octanol–water partition coefficient (Wildman–Crippen LogP) is 5.23. The van der Waals surface area contributed by atoms with Crippen LogP contribution in [0.4, 0.5) is 13.2 Å². The molecule has 1 saturated carbocycles. The van der Waals surface area contributed by atoms with Gasteiger partial charge < -0.3 is 4.98 Å². The van der Waals surface area contributed by atoms with Crippen molar-refractivity contribution >= 4 is 20.9 Å². The smallest absolute Gasteiger partial charge is 0.353 e. The third kappa shape index (κ3) is 4.24. The van der Waals surface area contributed by atoms with Gasteiger partial charge in [0.25, 0.3) is 0 Å². The average Bonchev–Trinajstić information content (AvgIpc) is 3.49. The topological polar surface area (TPSA) is 66.1 Å². The van der Waals surface area contributed by atoms with Crippen LogP contribution in [0.2, 0.25) is 0 Å². The molecule has 2 aromatic heterocycles. The Labute approximate surface area is 178 Å². The van der Waals surface area contributed by atoms with Crippen molar-refractivity contribution in [2.45, 2.75) is 42.8 Å². The maximum Gasteiger partial charge on any atom is 0.404 e. The zero-order chi connectivity index (χ0) is 22.4. The number of H-pyrrole nitrogens is 1. The van der Waals surface area contributed by atoms with Crippen LogP contribution in [0.3, 0.4) is 0 Å². The molecule has 1 aliphatic carbocycles. The van der Waals surface area contributed by atoms with Gasteiger partial charge >= 0.3 is 6.18 Å². The number of fused-ring (bicyclic) bond motifs is 1. The van der Waals surface area contributed by atoms with Crippen LogP contribution in [0.5, 0.6) is 0 Å². The van der Waals surface area contributed by atoms with Gasteiger partial charge in [0.2, 0.25) is 10.0 Å². The Morgan fingerprint density at radius 3 is 2.58 bits per heavy atom. The Bertz CT molecular complexity index is 1210. The SMILES string of the molecule is C=CCN([C@@H](C)C(F)(F)F)S(=O)(=O)c1ccc(-c2cc3ccc(C4CC4)cc3[nH]2)nc1. The van der Waals surface area contributed by atoms with Gasteiger partial charge in [0.05, 0.1) is 11.4 Å². The summed E-state index contributed by atoms with van der Waals surface area (Å²) in [5.41, 5.74) is 3.46. The van der Waals surface area contributed by atoms with Crippen molar-refractivity contribution < 1.29 is 21.6 Å². The largest absolute Gasteiger partial charge is 0.404 e. The van der Waals surface area contributed by atoms with Crippen molar-refractivity contribution in [3.05, 3.63) is 60.8 Å². The van der Waals surface area contributed by atoms with E-state index < -0.39 is 28.8 Å². The third-order valence-corrected chi connectivity index (χ3v) is 7.45. The molecule has 164 valence electrons. The minimum absolute atomic E-state index is 0.304. The summed E-state index contributed by atoms with van der Waals surface area (Å²) >= 11 is 0. The Kier molecular flexibility index (Phi) is 5.43. The van der Waals surface area contributed by atoms with Gasteiger partial charge in [0, 0.05) is 23.6 Å². The van der Waals surface area contributed by atoms with Crippen molar-refractivity contribution in [1.29, 1.82) is 0 Å². The summed E-state index contributed by atoms with van der Waals surface area (Å²) in [7, 11) is -4.41. The molecule has 1 fully saturated rings. The van der Waals surface area contributed by atoms with E-state index in [9.17, 15) is 21.6 Å². The van der Waals surface area contributed by atoms with E-state index in [2.05, 4.69) is 28.7 Å². The zero-order valence-corrected chi connectivity index (χ0v) is 17.7. The second-order valence-electron chi connectivity index (χ2n) is 7.76. The average molecular weight is 449 g/mol. The van der Waals surface area contributed by atoms with Crippen LogP contribution in [0.15, 0.2) is 60.1 Å². The predicted molar refractivity (Wildman–Crippen MR) is 113 cm³/mol. The summed E-state index contributed by atoms with van der Waals surface area (Å²) in [6, 6.07) is 8.75. The van der Waals surface area contributed by atoms with E-state index in [1.165, 1.54) is 30.5 Å². The monoisotopic (exact) mass is 449 g/mol. The van der Waals surface area contributed by atoms with Crippen molar-refractivity contribution in [2.75, 3.05) is 6.54 Å². The summed E-state index contributed by atoms with van der Waals surface area (Å²) in [5, 5.41) is 1.01. The highest BCUT2D eigenvalue weighted by Gasteiger charge is 2.44. The number of hydrogen-bond donors (Lipinski definition) is 1. The van der Waals surface area contributed by atoms with Gasteiger partial charge in [-0.2, -0.15) is 17.5 Å². The number of alkyl halides is 3. The fourth-order valence-electron chi connectivity index (χ4n) is 3.54. The maximum absolute atomic E-state index is 13.2. The normalized spacial score (nSPS) is 16.0. The van der Waals surface area contributed by atoms with Gasteiger partial charge in [-0.3, -0.25) is 4.98 Å². The fourth-order valence-corrected chi connectivity index (χ4v) is 5.07. The van der Waals surface area contributed by atoms with Crippen molar-refractivity contribution in [3.8, 4) is 11.4 Å². The summed E-state index contributed by atoms with van der Waals surface area (Å²) in [4.78, 5) is 7.19. The number of nitrogens with zero attached hydrogens (tertiary/aromatic N) is 2. The van der Waals surface area contributed by atoms with Crippen LogP contribution in [-0.4, -0.2) is 41.5 Å². The van der Waals surface area contributed by atoms with Gasteiger partial charge in [0.15, 0.2) is 0 Å². The molecule has 1 N–H and O–H groups in total. The number of pyridine rings is 1. The van der Waals surface area contributed by atoms with E-state index >= 15 is 0 Å². The highest BCUT2D eigenvalue weighted by Crippen LogP contribution is 2.41. The number of nitrogens with one attached hydrogen (secondary N) is 1. The van der Waals surface area contributed by atoms with E-state index in [0.29, 0.717) is 21.6 Å². The number of halogens is 3. The Balaban J connectivity index is 1.63. The third-order valence-electron chi connectivity index (χ3n) is 5.53. The van der Waals surface area contributed by atoms with Gasteiger partial charge in [-0.05, 0) is 55.5 Å². The van der Waals surface area contributed by atoms with Crippen LogP contribution in [0.1, 0.15) is 31.2 Å². The molecule has 0 radical (unpaired) electrons. The van der Waals surface area contributed by atoms with Gasteiger partial charge in [-0.15, -0.1) is 6.58 Å². The molecule has 1 aliphatic rings. The summed E-state index contributed by atoms with van der Waals surface area (Å²) < 4.78 is 65.6. The quantitative estimate of drug-likeness (QED) is 0.502. The standard InChI is InChI=1S/C22H22F3N3O2S/c1-3-10-28(14(2)22(23,24)25)31(29,30)18-8-9-19(26-13-18)21-12-17-7-6-16(15-4-5-15)11-20(17)27-21/h3,6-9,11-15,27H,1,4-5,10H2,2H3/t14-/m0/s1. The minimum atomic E-state index is -4.70. The molecular weight excluding hydrogens is 427 g/mol.